The van der Waals surface area contributed by atoms with Gasteiger partial charge in [-0.1, -0.05) is 24.3 Å². The number of nitrogens with one attached hydrogen (secondary N) is 2. The van der Waals surface area contributed by atoms with Crippen molar-refractivity contribution < 1.29 is 14.2 Å². The molecule has 1 heterocycles. The zero-order chi connectivity index (χ0) is 19.3. The summed E-state index contributed by atoms with van der Waals surface area (Å²) in [5.74, 6) is 0.842. The molecule has 1 aromatic carbocycles. The summed E-state index contributed by atoms with van der Waals surface area (Å²) >= 11 is 0. The summed E-state index contributed by atoms with van der Waals surface area (Å²) in [4.78, 5) is 4.67. The molecule has 27 heavy (non-hydrogen) atoms. The number of guanidine groups is 1. The molecule has 1 atom stereocenters. The van der Waals surface area contributed by atoms with Gasteiger partial charge < -0.3 is 24.8 Å². The zero-order valence-electron chi connectivity index (χ0n) is 17.0. The number of hydrogen-bond acceptors (Lipinski definition) is 4. The van der Waals surface area contributed by atoms with Gasteiger partial charge in [0.25, 0.3) is 0 Å². The van der Waals surface area contributed by atoms with Gasteiger partial charge in [-0.05, 0) is 44.7 Å². The lowest BCUT2D eigenvalue weighted by atomic mass is 10.1. The first-order valence-electron chi connectivity index (χ1n) is 10.1. The van der Waals surface area contributed by atoms with Crippen LogP contribution in [-0.4, -0.2) is 51.1 Å². The van der Waals surface area contributed by atoms with Crippen LogP contribution in [0.5, 0.6) is 0 Å². The first-order valence-corrected chi connectivity index (χ1v) is 10.1. The smallest absolute Gasteiger partial charge is 0.191 e. The van der Waals surface area contributed by atoms with Crippen LogP contribution in [0.4, 0.5) is 0 Å². The van der Waals surface area contributed by atoms with Gasteiger partial charge in [-0.15, -0.1) is 0 Å². The van der Waals surface area contributed by atoms with Crippen LogP contribution in [0, 0.1) is 0 Å². The molecule has 0 saturated carbocycles. The van der Waals surface area contributed by atoms with Crippen molar-refractivity contribution >= 4 is 5.96 Å². The molecule has 0 aromatic heterocycles. The minimum atomic E-state index is 0.250. The van der Waals surface area contributed by atoms with Gasteiger partial charge in [0.05, 0.1) is 32.0 Å². The lowest BCUT2D eigenvalue weighted by molar-refractivity contribution is 0.0420. The fourth-order valence-corrected chi connectivity index (χ4v) is 2.69. The molecular weight excluding hydrogens is 342 g/mol. The second-order valence-electron chi connectivity index (χ2n) is 7.01. The highest BCUT2D eigenvalue weighted by atomic mass is 16.5. The molecule has 1 aromatic rings. The normalized spacial score (nSPS) is 17.5. The van der Waals surface area contributed by atoms with Gasteiger partial charge in [0.1, 0.15) is 0 Å². The molecule has 0 amide bonds. The maximum Gasteiger partial charge on any atom is 0.191 e. The van der Waals surface area contributed by atoms with Crippen molar-refractivity contribution in [3.05, 3.63) is 35.4 Å². The Labute approximate surface area is 163 Å². The summed E-state index contributed by atoms with van der Waals surface area (Å²) in [5, 5.41) is 6.66. The minimum Gasteiger partial charge on any atom is -0.379 e. The number of nitrogens with zero attached hydrogens (tertiary/aromatic N) is 1. The van der Waals surface area contributed by atoms with E-state index in [1.165, 1.54) is 11.1 Å². The molecule has 1 unspecified atom stereocenters. The summed E-state index contributed by atoms with van der Waals surface area (Å²) in [6.45, 7) is 11.5. The molecule has 1 saturated heterocycles. The van der Waals surface area contributed by atoms with Gasteiger partial charge in [0, 0.05) is 26.3 Å². The van der Waals surface area contributed by atoms with Gasteiger partial charge in [0.15, 0.2) is 5.96 Å². The predicted octanol–water partition coefficient (Wildman–Crippen LogP) is 2.86. The maximum atomic E-state index is 5.78. The lowest BCUT2D eigenvalue weighted by Gasteiger charge is -2.13. The van der Waals surface area contributed by atoms with E-state index in [0.717, 1.165) is 51.7 Å². The highest BCUT2D eigenvalue weighted by Gasteiger charge is 2.15. The molecule has 6 nitrogen and oxygen atoms in total. The van der Waals surface area contributed by atoms with Crippen molar-refractivity contribution in [2.75, 3.05) is 32.9 Å². The first-order chi connectivity index (χ1) is 13.2. The highest BCUT2D eigenvalue weighted by molar-refractivity contribution is 5.79. The summed E-state index contributed by atoms with van der Waals surface area (Å²) < 4.78 is 16.7. The van der Waals surface area contributed by atoms with Crippen molar-refractivity contribution in [1.82, 2.24) is 10.6 Å². The topological polar surface area (TPSA) is 64.1 Å². The van der Waals surface area contributed by atoms with E-state index in [-0.39, 0.29) is 12.2 Å². The van der Waals surface area contributed by atoms with E-state index >= 15 is 0 Å². The summed E-state index contributed by atoms with van der Waals surface area (Å²) in [6.07, 6.45) is 2.49. The Bertz CT molecular complexity index is 540. The summed E-state index contributed by atoms with van der Waals surface area (Å²) in [5.41, 5.74) is 2.37. The van der Waals surface area contributed by atoms with Gasteiger partial charge in [-0.25, -0.2) is 4.99 Å². The Morgan fingerprint density at radius 3 is 2.67 bits per heavy atom. The molecule has 0 spiro atoms. The Morgan fingerprint density at radius 1 is 1.22 bits per heavy atom. The predicted molar refractivity (Wildman–Crippen MR) is 109 cm³/mol. The molecule has 0 bridgehead atoms. The number of hydrogen-bond donors (Lipinski definition) is 2. The van der Waals surface area contributed by atoms with Gasteiger partial charge in [-0.3, -0.25) is 0 Å². The Kier molecular flexibility index (Phi) is 10.2. The van der Waals surface area contributed by atoms with E-state index in [4.69, 9.17) is 14.2 Å². The van der Waals surface area contributed by atoms with Crippen LogP contribution in [0.2, 0.25) is 0 Å². The zero-order valence-corrected chi connectivity index (χ0v) is 17.0. The molecule has 1 aliphatic heterocycles. The quantitative estimate of drug-likeness (QED) is 0.353. The van der Waals surface area contributed by atoms with Gasteiger partial charge >= 0.3 is 0 Å². The number of aliphatic imine (C=N–C) groups is 1. The third-order valence-electron chi connectivity index (χ3n) is 4.23. The van der Waals surface area contributed by atoms with Crippen LogP contribution in [0.25, 0.3) is 0 Å². The number of rotatable bonds is 11. The molecule has 0 radical (unpaired) electrons. The number of ether oxygens (including phenoxy) is 3. The van der Waals surface area contributed by atoms with Crippen molar-refractivity contribution in [2.45, 2.75) is 59.0 Å². The third kappa shape index (κ3) is 9.22. The average molecular weight is 378 g/mol. The molecule has 2 rings (SSSR count). The van der Waals surface area contributed by atoms with Crippen molar-refractivity contribution in [3.8, 4) is 0 Å². The summed E-state index contributed by atoms with van der Waals surface area (Å²) in [7, 11) is 0. The lowest BCUT2D eigenvalue weighted by Crippen LogP contribution is -2.38. The molecule has 152 valence electrons. The van der Waals surface area contributed by atoms with Crippen LogP contribution < -0.4 is 10.6 Å². The van der Waals surface area contributed by atoms with Crippen LogP contribution in [0.1, 0.15) is 44.7 Å². The molecule has 6 heteroatoms. The van der Waals surface area contributed by atoms with Crippen LogP contribution >= 0.6 is 0 Å². The van der Waals surface area contributed by atoms with Gasteiger partial charge in [-0.2, -0.15) is 0 Å². The monoisotopic (exact) mass is 377 g/mol. The van der Waals surface area contributed by atoms with E-state index in [1.807, 2.05) is 13.8 Å². The van der Waals surface area contributed by atoms with Crippen LogP contribution in [-0.2, 0) is 27.4 Å². The van der Waals surface area contributed by atoms with Crippen molar-refractivity contribution in [3.63, 3.8) is 0 Å². The maximum absolute atomic E-state index is 5.78. The van der Waals surface area contributed by atoms with E-state index in [0.29, 0.717) is 13.2 Å². The largest absolute Gasteiger partial charge is 0.379 e. The van der Waals surface area contributed by atoms with Crippen LogP contribution in [0.3, 0.4) is 0 Å². The molecule has 2 N–H and O–H groups in total. The molecule has 1 aliphatic rings. The Balaban J connectivity index is 1.69. The third-order valence-corrected chi connectivity index (χ3v) is 4.23. The fourth-order valence-electron chi connectivity index (χ4n) is 2.69. The summed E-state index contributed by atoms with van der Waals surface area (Å²) in [6, 6.07) is 8.45. The van der Waals surface area contributed by atoms with E-state index in [2.05, 4.69) is 46.8 Å². The Hall–Kier alpha value is -1.63. The molecule has 1 fully saturated rings. The van der Waals surface area contributed by atoms with Crippen molar-refractivity contribution in [1.29, 1.82) is 0 Å². The molecule has 0 aliphatic carbocycles. The second kappa shape index (κ2) is 12.7. The van der Waals surface area contributed by atoms with Crippen molar-refractivity contribution in [2.24, 2.45) is 4.99 Å². The highest BCUT2D eigenvalue weighted by Crippen LogP contribution is 2.09. The minimum absolute atomic E-state index is 0.250. The van der Waals surface area contributed by atoms with E-state index in [9.17, 15) is 0 Å². The van der Waals surface area contributed by atoms with Gasteiger partial charge in [0.2, 0.25) is 0 Å². The standard InChI is InChI=1S/C21H35N3O3/c1-4-22-21(23-11-5-12-26-20-10-13-25-16-20)24-14-18-6-8-19(9-7-18)15-27-17(2)3/h6-9,17,20H,4-5,10-16H2,1-3H3,(H2,22,23,24). The number of benzene rings is 1. The van der Waals surface area contributed by atoms with E-state index < -0.39 is 0 Å². The van der Waals surface area contributed by atoms with Crippen LogP contribution in [0.15, 0.2) is 29.3 Å². The average Bonchev–Trinajstić information content (AvgIpc) is 3.18. The first kappa shape index (κ1) is 21.7. The Morgan fingerprint density at radius 2 is 2.00 bits per heavy atom. The van der Waals surface area contributed by atoms with E-state index in [1.54, 1.807) is 0 Å². The second-order valence-corrected chi connectivity index (χ2v) is 7.01. The fraction of sp³-hybridized carbons (Fsp3) is 0.667. The SMILES string of the molecule is CCNC(=NCc1ccc(COC(C)C)cc1)NCCCOC1CCOC1. The molecular formula is C21H35N3O3.